The van der Waals surface area contributed by atoms with Crippen molar-refractivity contribution in [2.75, 3.05) is 0 Å². The zero-order valence-corrected chi connectivity index (χ0v) is 7.01. The van der Waals surface area contributed by atoms with Gasteiger partial charge in [-0.15, -0.1) is 0 Å². The minimum absolute atomic E-state index is 0.143. The van der Waals surface area contributed by atoms with Crippen molar-refractivity contribution in [3.05, 3.63) is 12.2 Å². The predicted octanol–water partition coefficient (Wildman–Crippen LogP) is 1.15. The zero-order valence-electron chi connectivity index (χ0n) is 7.01. The maximum Gasteiger partial charge on any atom is 0.230 e. The van der Waals surface area contributed by atoms with Crippen LogP contribution in [0, 0.1) is 0 Å². The average Bonchev–Trinajstić information content (AvgIpc) is 2.02. The number of rotatable bonds is 0. The van der Waals surface area contributed by atoms with E-state index in [1.54, 1.807) is 0 Å². The zero-order chi connectivity index (χ0) is 8.81. The maximum atomic E-state index is 11.0. The lowest BCUT2D eigenvalue weighted by Gasteiger charge is -2.03. The molecule has 1 rings (SSSR count). The molecule has 0 atom stereocenters. The van der Waals surface area contributed by atoms with Crippen LogP contribution >= 0.6 is 0 Å². The third-order valence-corrected chi connectivity index (χ3v) is 1.77. The first kappa shape index (κ1) is 8.97. The van der Waals surface area contributed by atoms with E-state index in [4.69, 9.17) is 0 Å². The molecule has 0 saturated heterocycles. The van der Waals surface area contributed by atoms with E-state index in [1.807, 2.05) is 12.2 Å². The van der Waals surface area contributed by atoms with Crippen molar-refractivity contribution in [1.82, 2.24) is 5.32 Å². The van der Waals surface area contributed by atoms with Gasteiger partial charge >= 0.3 is 0 Å². The molecule has 0 saturated carbocycles. The van der Waals surface area contributed by atoms with E-state index in [0.717, 1.165) is 19.3 Å². The first-order chi connectivity index (χ1) is 5.79. The molecule has 1 heterocycles. The van der Waals surface area contributed by atoms with Gasteiger partial charge in [0.15, 0.2) is 0 Å². The fraction of sp³-hybridized carbons (Fsp3) is 0.556. The van der Waals surface area contributed by atoms with Gasteiger partial charge in [0.05, 0.1) is 0 Å². The van der Waals surface area contributed by atoms with Crippen LogP contribution in [0.4, 0.5) is 0 Å². The number of carbonyl (C=O) groups is 2. The summed E-state index contributed by atoms with van der Waals surface area (Å²) < 4.78 is 0. The summed E-state index contributed by atoms with van der Waals surface area (Å²) in [6.07, 6.45) is 7.47. The van der Waals surface area contributed by atoms with Crippen LogP contribution in [0.1, 0.15) is 32.1 Å². The number of hydrogen-bond donors (Lipinski definition) is 1. The van der Waals surface area contributed by atoms with Crippen LogP contribution in [-0.2, 0) is 9.59 Å². The average molecular weight is 167 g/mol. The molecule has 0 bridgehead atoms. The molecular formula is C9H13NO2. The Labute approximate surface area is 71.8 Å². The van der Waals surface area contributed by atoms with Crippen molar-refractivity contribution in [2.24, 2.45) is 0 Å². The lowest BCUT2D eigenvalue weighted by atomic mass is 10.1. The highest BCUT2D eigenvalue weighted by atomic mass is 16.2. The lowest BCUT2D eigenvalue weighted by Crippen LogP contribution is -2.29. The summed E-state index contributed by atoms with van der Waals surface area (Å²) in [6.45, 7) is 0. The molecule has 0 aromatic carbocycles. The van der Waals surface area contributed by atoms with Crippen LogP contribution in [0.15, 0.2) is 12.2 Å². The molecule has 0 unspecified atom stereocenters. The van der Waals surface area contributed by atoms with Crippen LogP contribution in [0.3, 0.4) is 0 Å². The summed E-state index contributed by atoms with van der Waals surface area (Å²) in [4.78, 5) is 21.9. The molecule has 1 N–H and O–H groups in total. The number of amides is 2. The van der Waals surface area contributed by atoms with Gasteiger partial charge in [-0.3, -0.25) is 14.9 Å². The van der Waals surface area contributed by atoms with Gasteiger partial charge in [0, 0.05) is 12.8 Å². The Hall–Kier alpha value is -1.12. The molecule has 12 heavy (non-hydrogen) atoms. The number of carbonyl (C=O) groups excluding carboxylic acids is 2. The Morgan fingerprint density at radius 1 is 1.08 bits per heavy atom. The van der Waals surface area contributed by atoms with Crippen molar-refractivity contribution < 1.29 is 9.59 Å². The topological polar surface area (TPSA) is 46.2 Å². The number of hydrogen-bond acceptors (Lipinski definition) is 2. The fourth-order valence-corrected chi connectivity index (χ4v) is 1.13. The van der Waals surface area contributed by atoms with Crippen LogP contribution < -0.4 is 5.32 Å². The van der Waals surface area contributed by atoms with E-state index in [9.17, 15) is 9.59 Å². The standard InChI is InChI=1S/C9H13NO2/c11-8-6-4-2-1-3-5-7-9(12)10-8/h2,4H,1,3,5-7H2,(H,10,11,12). The minimum atomic E-state index is -0.196. The van der Waals surface area contributed by atoms with E-state index in [2.05, 4.69) is 5.32 Å². The number of imide groups is 1. The molecule has 1 aliphatic heterocycles. The second kappa shape index (κ2) is 4.70. The molecule has 0 aromatic rings. The van der Waals surface area contributed by atoms with Gasteiger partial charge in [-0.1, -0.05) is 12.2 Å². The predicted molar refractivity (Wildman–Crippen MR) is 45.4 cm³/mol. The Morgan fingerprint density at radius 2 is 1.92 bits per heavy atom. The highest BCUT2D eigenvalue weighted by Crippen LogP contribution is 2.03. The molecule has 0 aromatic heterocycles. The Morgan fingerprint density at radius 3 is 2.75 bits per heavy atom. The van der Waals surface area contributed by atoms with Gasteiger partial charge in [-0.2, -0.15) is 0 Å². The molecule has 0 spiro atoms. The first-order valence-corrected chi connectivity index (χ1v) is 4.27. The molecule has 0 radical (unpaired) electrons. The molecule has 3 nitrogen and oxygen atoms in total. The molecule has 0 aliphatic carbocycles. The molecule has 1 aliphatic rings. The van der Waals surface area contributed by atoms with Crippen molar-refractivity contribution >= 4 is 11.8 Å². The van der Waals surface area contributed by atoms with Gasteiger partial charge in [-0.05, 0) is 19.3 Å². The SMILES string of the molecule is O=C1CC=CCCCCC(=O)N1. The molecule has 3 heteroatoms. The van der Waals surface area contributed by atoms with Gasteiger partial charge in [-0.25, -0.2) is 0 Å². The molecule has 66 valence electrons. The van der Waals surface area contributed by atoms with E-state index < -0.39 is 0 Å². The number of nitrogens with one attached hydrogen (secondary N) is 1. The third-order valence-electron chi connectivity index (χ3n) is 1.77. The van der Waals surface area contributed by atoms with Crippen molar-refractivity contribution in [3.63, 3.8) is 0 Å². The van der Waals surface area contributed by atoms with Crippen LogP contribution in [0.2, 0.25) is 0 Å². The van der Waals surface area contributed by atoms with E-state index in [0.29, 0.717) is 12.8 Å². The fourth-order valence-electron chi connectivity index (χ4n) is 1.13. The highest BCUT2D eigenvalue weighted by Gasteiger charge is 2.06. The normalized spacial score (nSPS) is 20.3. The van der Waals surface area contributed by atoms with Crippen molar-refractivity contribution in [2.45, 2.75) is 32.1 Å². The summed E-state index contributed by atoms with van der Waals surface area (Å²) in [7, 11) is 0. The van der Waals surface area contributed by atoms with Gasteiger partial charge in [0.25, 0.3) is 0 Å². The van der Waals surface area contributed by atoms with Gasteiger partial charge < -0.3 is 0 Å². The Bertz CT molecular complexity index is 209. The molecular weight excluding hydrogens is 154 g/mol. The maximum absolute atomic E-state index is 11.0. The number of allylic oxidation sites excluding steroid dienone is 1. The van der Waals surface area contributed by atoms with Crippen molar-refractivity contribution in [1.29, 1.82) is 0 Å². The second-order valence-corrected chi connectivity index (χ2v) is 2.89. The second-order valence-electron chi connectivity index (χ2n) is 2.89. The minimum Gasteiger partial charge on any atom is -0.296 e. The highest BCUT2D eigenvalue weighted by molar-refractivity contribution is 5.95. The Balaban J connectivity index is 2.46. The summed E-state index contributed by atoms with van der Waals surface area (Å²) in [5.74, 6) is -0.339. The Kier molecular flexibility index (Phi) is 3.51. The van der Waals surface area contributed by atoms with E-state index in [1.165, 1.54) is 0 Å². The monoisotopic (exact) mass is 167 g/mol. The lowest BCUT2D eigenvalue weighted by molar-refractivity contribution is -0.130. The summed E-state index contributed by atoms with van der Waals surface area (Å²) in [5.41, 5.74) is 0. The van der Waals surface area contributed by atoms with E-state index in [-0.39, 0.29) is 11.8 Å². The smallest absolute Gasteiger partial charge is 0.230 e. The van der Waals surface area contributed by atoms with Gasteiger partial charge in [0.1, 0.15) is 0 Å². The van der Waals surface area contributed by atoms with E-state index >= 15 is 0 Å². The molecule has 0 fully saturated rings. The van der Waals surface area contributed by atoms with Gasteiger partial charge in [0.2, 0.25) is 11.8 Å². The van der Waals surface area contributed by atoms with Crippen molar-refractivity contribution in [3.8, 4) is 0 Å². The summed E-state index contributed by atoms with van der Waals surface area (Å²) >= 11 is 0. The van der Waals surface area contributed by atoms with Crippen LogP contribution in [0.25, 0.3) is 0 Å². The van der Waals surface area contributed by atoms with Crippen LogP contribution in [-0.4, -0.2) is 11.8 Å². The quantitative estimate of drug-likeness (QED) is 0.434. The first-order valence-electron chi connectivity index (χ1n) is 4.27. The summed E-state index contributed by atoms with van der Waals surface area (Å²) in [6, 6.07) is 0. The third kappa shape index (κ3) is 3.32. The largest absolute Gasteiger partial charge is 0.296 e. The molecule has 2 amide bonds. The summed E-state index contributed by atoms with van der Waals surface area (Å²) in [5, 5.41) is 2.32. The van der Waals surface area contributed by atoms with Crippen LogP contribution in [0.5, 0.6) is 0 Å².